The molecule has 19 heavy (non-hydrogen) atoms. The first kappa shape index (κ1) is 12.3. The van der Waals surface area contributed by atoms with Crippen LogP contribution in [-0.2, 0) is 4.79 Å². The van der Waals surface area contributed by atoms with E-state index in [0.717, 1.165) is 39.6 Å². The molecule has 1 aliphatic heterocycles. The maximum Gasteiger partial charge on any atom is 0.251 e. The number of hydrogen-bond donors (Lipinski definition) is 2. The zero-order valence-electron chi connectivity index (χ0n) is 10.9. The molecule has 0 radical (unpaired) electrons. The van der Waals surface area contributed by atoms with E-state index in [1.165, 1.54) is 5.57 Å². The van der Waals surface area contributed by atoms with Crippen LogP contribution in [0.25, 0.3) is 10.2 Å². The summed E-state index contributed by atoms with van der Waals surface area (Å²) in [4.78, 5) is 16.5. The van der Waals surface area contributed by atoms with E-state index in [1.807, 2.05) is 32.0 Å². The van der Waals surface area contributed by atoms with Gasteiger partial charge in [-0.15, -0.1) is 11.3 Å². The van der Waals surface area contributed by atoms with Crippen LogP contribution in [0.4, 0.5) is 5.69 Å². The first-order valence-electron chi connectivity index (χ1n) is 6.21. The lowest BCUT2D eigenvalue weighted by molar-refractivity contribution is -0.112. The van der Waals surface area contributed by atoms with Crippen molar-refractivity contribution in [3.05, 3.63) is 34.4 Å². The summed E-state index contributed by atoms with van der Waals surface area (Å²) in [6.45, 7) is 5.51. The standard InChI is InChI=1S/C14H15N3OS/c1-8(10-6-15-7-10)14(18)17-11-3-4-12-13(5-11)19-9(2)16-12/h3-5,15H,6-7H2,1-2H3,(H,17,18). The number of aryl methyl sites for hydroxylation is 1. The lowest BCUT2D eigenvalue weighted by Crippen LogP contribution is -2.36. The van der Waals surface area contributed by atoms with Crippen molar-refractivity contribution in [1.29, 1.82) is 0 Å². The third kappa shape index (κ3) is 2.39. The predicted octanol–water partition coefficient (Wildman–Crippen LogP) is 2.46. The molecule has 0 unspecified atom stereocenters. The van der Waals surface area contributed by atoms with Crippen molar-refractivity contribution in [1.82, 2.24) is 10.3 Å². The molecule has 4 nitrogen and oxygen atoms in total. The first-order valence-corrected chi connectivity index (χ1v) is 7.03. The summed E-state index contributed by atoms with van der Waals surface area (Å²) in [5, 5.41) is 7.13. The van der Waals surface area contributed by atoms with Gasteiger partial charge in [-0.2, -0.15) is 0 Å². The molecule has 0 atom stereocenters. The van der Waals surface area contributed by atoms with E-state index in [-0.39, 0.29) is 5.91 Å². The number of thiazole rings is 1. The van der Waals surface area contributed by atoms with Crippen LogP contribution >= 0.6 is 11.3 Å². The fraction of sp³-hybridized carbons (Fsp3) is 0.286. The Morgan fingerprint density at radius 1 is 1.42 bits per heavy atom. The van der Waals surface area contributed by atoms with Gasteiger partial charge in [-0.1, -0.05) is 0 Å². The lowest BCUT2D eigenvalue weighted by atomic mass is 10.0. The molecule has 98 valence electrons. The molecule has 0 saturated carbocycles. The number of rotatable bonds is 2. The van der Waals surface area contributed by atoms with E-state index in [9.17, 15) is 4.79 Å². The van der Waals surface area contributed by atoms with Crippen LogP contribution in [-0.4, -0.2) is 24.0 Å². The SMILES string of the molecule is CC(C(=O)Nc1ccc2nc(C)sc2c1)=C1CNC1. The van der Waals surface area contributed by atoms with Gasteiger partial charge in [0.25, 0.3) is 5.91 Å². The van der Waals surface area contributed by atoms with Crippen molar-refractivity contribution in [3.8, 4) is 0 Å². The van der Waals surface area contributed by atoms with E-state index >= 15 is 0 Å². The Hall–Kier alpha value is -1.72. The number of hydrogen-bond acceptors (Lipinski definition) is 4. The molecule has 0 spiro atoms. The molecule has 3 rings (SSSR count). The van der Waals surface area contributed by atoms with Crippen LogP contribution in [0.3, 0.4) is 0 Å². The highest BCUT2D eigenvalue weighted by Gasteiger charge is 2.16. The van der Waals surface area contributed by atoms with E-state index in [4.69, 9.17) is 0 Å². The molecular weight excluding hydrogens is 258 g/mol. The van der Waals surface area contributed by atoms with Gasteiger partial charge in [-0.3, -0.25) is 4.79 Å². The number of benzene rings is 1. The summed E-state index contributed by atoms with van der Waals surface area (Å²) in [5.41, 5.74) is 3.82. The van der Waals surface area contributed by atoms with Gasteiger partial charge in [-0.05, 0) is 37.6 Å². The van der Waals surface area contributed by atoms with Crippen LogP contribution < -0.4 is 10.6 Å². The summed E-state index contributed by atoms with van der Waals surface area (Å²) in [6, 6.07) is 5.83. The second-order valence-electron chi connectivity index (χ2n) is 4.70. The average Bonchev–Trinajstić information content (AvgIpc) is 2.66. The van der Waals surface area contributed by atoms with Gasteiger partial charge in [0, 0.05) is 24.4 Å². The van der Waals surface area contributed by atoms with Crippen LogP contribution in [0.5, 0.6) is 0 Å². The van der Waals surface area contributed by atoms with E-state index in [0.29, 0.717) is 0 Å². The van der Waals surface area contributed by atoms with Crippen molar-refractivity contribution in [2.24, 2.45) is 0 Å². The monoisotopic (exact) mass is 273 g/mol. The molecule has 5 heteroatoms. The molecule has 1 saturated heterocycles. The van der Waals surface area contributed by atoms with Gasteiger partial charge in [-0.25, -0.2) is 4.98 Å². The quantitative estimate of drug-likeness (QED) is 0.826. The van der Waals surface area contributed by atoms with Crippen LogP contribution in [0.15, 0.2) is 29.3 Å². The highest BCUT2D eigenvalue weighted by molar-refractivity contribution is 7.18. The van der Waals surface area contributed by atoms with Gasteiger partial charge in [0.15, 0.2) is 0 Å². The zero-order valence-corrected chi connectivity index (χ0v) is 11.7. The Kier molecular flexibility index (Phi) is 3.08. The molecule has 2 N–H and O–H groups in total. The molecule has 1 aliphatic rings. The van der Waals surface area contributed by atoms with Gasteiger partial charge in [0.05, 0.1) is 15.2 Å². The van der Waals surface area contributed by atoms with E-state index < -0.39 is 0 Å². The molecule has 0 bridgehead atoms. The Balaban J connectivity index is 1.82. The third-order valence-electron chi connectivity index (χ3n) is 3.30. The lowest BCUT2D eigenvalue weighted by Gasteiger charge is -2.21. The number of carbonyl (C=O) groups excluding carboxylic acids is 1. The van der Waals surface area contributed by atoms with Crippen LogP contribution in [0, 0.1) is 6.92 Å². The number of fused-ring (bicyclic) bond motifs is 1. The molecule has 2 aromatic rings. The third-order valence-corrected chi connectivity index (χ3v) is 4.23. The van der Waals surface area contributed by atoms with Crippen molar-refractivity contribution < 1.29 is 4.79 Å². The van der Waals surface area contributed by atoms with Gasteiger partial charge in [0.2, 0.25) is 0 Å². The Labute approximate surface area is 115 Å². The summed E-state index contributed by atoms with van der Waals surface area (Å²) >= 11 is 1.64. The molecule has 0 aliphatic carbocycles. The number of nitrogens with zero attached hydrogens (tertiary/aromatic N) is 1. The van der Waals surface area contributed by atoms with E-state index in [2.05, 4.69) is 15.6 Å². The summed E-state index contributed by atoms with van der Waals surface area (Å²) in [6.07, 6.45) is 0. The fourth-order valence-electron chi connectivity index (χ4n) is 2.02. The number of aromatic nitrogens is 1. The van der Waals surface area contributed by atoms with Crippen molar-refractivity contribution in [2.45, 2.75) is 13.8 Å². The van der Waals surface area contributed by atoms with Gasteiger partial charge < -0.3 is 10.6 Å². The molecular formula is C14H15N3OS. The minimum absolute atomic E-state index is 0.0166. The highest BCUT2D eigenvalue weighted by Crippen LogP contribution is 2.25. The zero-order chi connectivity index (χ0) is 13.4. The highest BCUT2D eigenvalue weighted by atomic mass is 32.1. The van der Waals surface area contributed by atoms with Crippen LogP contribution in [0.2, 0.25) is 0 Å². The smallest absolute Gasteiger partial charge is 0.251 e. The second-order valence-corrected chi connectivity index (χ2v) is 5.94. The number of nitrogens with one attached hydrogen (secondary N) is 2. The molecule has 1 aromatic carbocycles. The Morgan fingerprint density at radius 3 is 2.89 bits per heavy atom. The van der Waals surface area contributed by atoms with Crippen molar-refractivity contribution in [3.63, 3.8) is 0 Å². The predicted molar refractivity (Wildman–Crippen MR) is 78.6 cm³/mol. The summed E-state index contributed by atoms with van der Waals surface area (Å²) in [7, 11) is 0. The number of anilines is 1. The number of amides is 1. The minimum Gasteiger partial charge on any atom is -0.322 e. The topological polar surface area (TPSA) is 54.0 Å². The largest absolute Gasteiger partial charge is 0.322 e. The minimum atomic E-state index is -0.0166. The average molecular weight is 273 g/mol. The van der Waals surface area contributed by atoms with Crippen LogP contribution in [0.1, 0.15) is 11.9 Å². The summed E-state index contributed by atoms with van der Waals surface area (Å²) < 4.78 is 1.10. The maximum absolute atomic E-state index is 12.1. The second kappa shape index (κ2) is 4.75. The Morgan fingerprint density at radius 2 is 2.21 bits per heavy atom. The van der Waals surface area contributed by atoms with E-state index in [1.54, 1.807) is 11.3 Å². The Bertz CT molecular complexity index is 681. The number of carbonyl (C=O) groups is 1. The molecule has 1 fully saturated rings. The normalized spacial score (nSPS) is 14.3. The van der Waals surface area contributed by atoms with Crippen molar-refractivity contribution in [2.75, 3.05) is 18.4 Å². The fourth-order valence-corrected chi connectivity index (χ4v) is 2.88. The molecule has 1 aromatic heterocycles. The van der Waals surface area contributed by atoms with Gasteiger partial charge in [0.1, 0.15) is 0 Å². The van der Waals surface area contributed by atoms with Gasteiger partial charge >= 0.3 is 0 Å². The maximum atomic E-state index is 12.1. The van der Waals surface area contributed by atoms with Crippen molar-refractivity contribution >= 4 is 33.1 Å². The first-order chi connectivity index (χ1) is 9.13. The molecule has 2 heterocycles. The summed E-state index contributed by atoms with van der Waals surface area (Å²) in [5.74, 6) is -0.0166. The molecule has 1 amide bonds.